The fraction of sp³-hybridized carbons (Fsp3) is 0.433. The normalized spacial score (nSPS) is 14.9. The largest absolute Gasteiger partial charge is 0.459 e. The first kappa shape index (κ1) is 31.4. The van der Waals surface area contributed by atoms with E-state index >= 15 is 0 Å². The average Bonchev–Trinajstić information content (AvgIpc) is 3.26. The Hall–Kier alpha value is -3.50. The van der Waals surface area contributed by atoms with Crippen molar-refractivity contribution in [2.45, 2.75) is 79.4 Å². The molecule has 4 aromatic rings. The fourth-order valence-electron chi connectivity index (χ4n) is 4.43. The first-order valence-electron chi connectivity index (χ1n) is 13.9. The minimum atomic E-state index is -4.11. The smallest absolute Gasteiger partial charge is 0.459 e. The molecule has 2 aromatic carbocycles. The summed E-state index contributed by atoms with van der Waals surface area (Å²) in [6.45, 7) is 13.4. The van der Waals surface area contributed by atoms with Crippen molar-refractivity contribution in [3.63, 3.8) is 0 Å². The molecule has 0 unspecified atom stereocenters. The van der Waals surface area contributed by atoms with Crippen molar-refractivity contribution in [2.24, 2.45) is 0 Å². The molecular formula is C30H40N5O6P. The number of esters is 1. The molecular weight excluding hydrogens is 557 g/mol. The molecule has 4 rings (SSSR count). The number of carbonyl (C=O) groups excluding carboxylic acids is 1. The number of nitrogens with one attached hydrogen (secondary N) is 1. The molecule has 226 valence electrons. The molecule has 0 saturated heterocycles. The highest BCUT2D eigenvalue weighted by Gasteiger charge is 2.35. The van der Waals surface area contributed by atoms with E-state index in [0.717, 1.165) is 22.0 Å². The number of hydrogen-bond acceptors (Lipinski definition) is 9. The van der Waals surface area contributed by atoms with Crippen molar-refractivity contribution in [1.29, 1.82) is 0 Å². The molecule has 0 saturated carbocycles. The van der Waals surface area contributed by atoms with Gasteiger partial charge in [-0.2, -0.15) is 5.09 Å². The van der Waals surface area contributed by atoms with Gasteiger partial charge in [-0.15, -0.1) is 0 Å². The van der Waals surface area contributed by atoms with Crippen LogP contribution in [-0.4, -0.2) is 44.9 Å². The molecule has 0 aliphatic rings. The molecule has 0 aliphatic heterocycles. The standard InChI is InChI=1S/C30H40N5O6P/c1-8-38-18-25-33-26-27(23-11-9-10-12-24(23)32-28(26)31)35(25)17-20(3)40-42(37,41-22-15-13-19(2)14-16-22)34-21(4)29(36)39-30(5,6)7/h9-16,20-21H,8,17-18H2,1-7H3,(H2,31,32)(H,34,37)/t20-,21+,42+/m1/s1. The topological polar surface area (TPSA) is 140 Å². The van der Waals surface area contributed by atoms with E-state index in [-0.39, 0.29) is 13.2 Å². The van der Waals surface area contributed by atoms with Gasteiger partial charge in [0.05, 0.1) is 23.7 Å². The highest BCUT2D eigenvalue weighted by molar-refractivity contribution is 7.52. The van der Waals surface area contributed by atoms with E-state index in [1.54, 1.807) is 46.8 Å². The lowest BCUT2D eigenvalue weighted by Crippen LogP contribution is -2.39. The number of pyridine rings is 1. The molecule has 3 N–H and O–H groups in total. The van der Waals surface area contributed by atoms with Crippen molar-refractivity contribution in [3.05, 3.63) is 59.9 Å². The second kappa shape index (κ2) is 12.8. The molecule has 0 spiro atoms. The molecule has 0 bridgehead atoms. The maximum Gasteiger partial charge on any atom is 0.459 e. The Kier molecular flexibility index (Phi) is 9.57. The van der Waals surface area contributed by atoms with Crippen LogP contribution < -0.4 is 15.3 Å². The summed E-state index contributed by atoms with van der Waals surface area (Å²) in [5, 5.41) is 3.63. The SMILES string of the molecule is CCOCc1nc2c(N)nc3ccccc3c2n1C[C@@H](C)O[P@@](=O)(N[C@@H](C)C(=O)OC(C)(C)C)Oc1ccc(C)cc1. The van der Waals surface area contributed by atoms with Gasteiger partial charge in [-0.3, -0.25) is 9.32 Å². The number of anilines is 1. The molecule has 3 atom stereocenters. The third-order valence-electron chi connectivity index (χ3n) is 6.24. The second-order valence-corrected chi connectivity index (χ2v) is 12.8. The summed E-state index contributed by atoms with van der Waals surface area (Å²) in [7, 11) is -4.11. The first-order chi connectivity index (χ1) is 19.8. The Morgan fingerprint density at radius 2 is 1.79 bits per heavy atom. The number of imidazole rings is 1. The minimum absolute atomic E-state index is 0.232. The van der Waals surface area contributed by atoms with Gasteiger partial charge in [0.1, 0.15) is 35.3 Å². The van der Waals surface area contributed by atoms with Crippen LogP contribution in [0.3, 0.4) is 0 Å². The zero-order valence-electron chi connectivity index (χ0n) is 25.2. The number of aromatic nitrogens is 3. The summed E-state index contributed by atoms with van der Waals surface area (Å²) in [6, 6.07) is 13.7. The number of rotatable bonds is 12. The van der Waals surface area contributed by atoms with Gasteiger partial charge in [-0.1, -0.05) is 35.9 Å². The van der Waals surface area contributed by atoms with E-state index in [4.69, 9.17) is 29.2 Å². The van der Waals surface area contributed by atoms with Gasteiger partial charge < -0.3 is 24.3 Å². The first-order valence-corrected chi connectivity index (χ1v) is 15.5. The quantitative estimate of drug-likeness (QED) is 0.149. The summed E-state index contributed by atoms with van der Waals surface area (Å²) >= 11 is 0. The number of carbonyl (C=O) groups is 1. The molecule has 0 aliphatic carbocycles. The monoisotopic (exact) mass is 597 g/mol. The Balaban J connectivity index is 1.68. The zero-order valence-corrected chi connectivity index (χ0v) is 26.1. The molecule has 11 nitrogen and oxygen atoms in total. The molecule has 42 heavy (non-hydrogen) atoms. The van der Waals surface area contributed by atoms with Crippen molar-refractivity contribution >= 4 is 41.5 Å². The van der Waals surface area contributed by atoms with Gasteiger partial charge in [-0.05, 0) is 66.7 Å². The van der Waals surface area contributed by atoms with Crippen LogP contribution in [0.1, 0.15) is 52.9 Å². The van der Waals surface area contributed by atoms with Crippen LogP contribution in [-0.2, 0) is 36.5 Å². The number of nitrogens with zero attached hydrogens (tertiary/aromatic N) is 3. The highest BCUT2D eigenvalue weighted by Crippen LogP contribution is 2.46. The van der Waals surface area contributed by atoms with E-state index in [1.807, 2.05) is 54.8 Å². The molecule has 0 radical (unpaired) electrons. The number of hydrogen-bond donors (Lipinski definition) is 2. The van der Waals surface area contributed by atoms with E-state index in [9.17, 15) is 9.36 Å². The Morgan fingerprint density at radius 1 is 1.10 bits per heavy atom. The number of nitrogens with two attached hydrogens (primary N) is 1. The number of benzene rings is 2. The summed E-state index contributed by atoms with van der Waals surface area (Å²) < 4.78 is 39.4. The van der Waals surface area contributed by atoms with E-state index in [0.29, 0.717) is 29.5 Å². The Labute approximate surface area is 246 Å². The van der Waals surface area contributed by atoms with Crippen molar-refractivity contribution < 1.29 is 27.9 Å². The summed E-state index contributed by atoms with van der Waals surface area (Å²) in [6.07, 6.45) is -0.675. The van der Waals surface area contributed by atoms with Crippen molar-refractivity contribution in [3.8, 4) is 5.75 Å². The number of nitrogen functional groups attached to an aromatic ring is 1. The third kappa shape index (κ3) is 7.66. The maximum atomic E-state index is 14.2. The zero-order chi connectivity index (χ0) is 30.7. The highest BCUT2D eigenvalue weighted by atomic mass is 31.2. The summed E-state index contributed by atoms with van der Waals surface area (Å²) in [4.78, 5) is 22.0. The van der Waals surface area contributed by atoms with Gasteiger partial charge in [0.2, 0.25) is 0 Å². The lowest BCUT2D eigenvalue weighted by Gasteiger charge is -2.28. The lowest BCUT2D eigenvalue weighted by molar-refractivity contribution is -0.156. The third-order valence-corrected chi connectivity index (χ3v) is 8.03. The van der Waals surface area contributed by atoms with Crippen LogP contribution >= 0.6 is 7.75 Å². The Bertz CT molecular complexity index is 1600. The van der Waals surface area contributed by atoms with Gasteiger partial charge in [0, 0.05) is 12.0 Å². The predicted molar refractivity (Wildman–Crippen MR) is 163 cm³/mol. The van der Waals surface area contributed by atoms with Gasteiger partial charge >= 0.3 is 13.7 Å². The average molecular weight is 598 g/mol. The number of ether oxygens (including phenoxy) is 2. The minimum Gasteiger partial charge on any atom is -0.459 e. The fourth-order valence-corrected chi connectivity index (χ4v) is 6.10. The predicted octanol–water partition coefficient (Wildman–Crippen LogP) is 5.92. The van der Waals surface area contributed by atoms with Gasteiger partial charge in [0.25, 0.3) is 0 Å². The number of fused-ring (bicyclic) bond motifs is 3. The maximum absolute atomic E-state index is 14.2. The summed E-state index contributed by atoms with van der Waals surface area (Å²) in [5.74, 6) is 0.669. The van der Waals surface area contributed by atoms with E-state index in [2.05, 4.69) is 10.1 Å². The Morgan fingerprint density at radius 3 is 2.45 bits per heavy atom. The number of para-hydroxylation sites is 1. The van der Waals surface area contributed by atoms with Crippen molar-refractivity contribution in [2.75, 3.05) is 12.3 Å². The van der Waals surface area contributed by atoms with Gasteiger partial charge in [-0.25, -0.2) is 14.5 Å². The van der Waals surface area contributed by atoms with Gasteiger partial charge in [0.15, 0.2) is 5.82 Å². The molecule has 2 heterocycles. The summed E-state index contributed by atoms with van der Waals surface area (Å²) in [5.41, 5.74) is 8.64. The molecule has 2 aromatic heterocycles. The van der Waals surface area contributed by atoms with Crippen LogP contribution in [0.25, 0.3) is 21.9 Å². The van der Waals surface area contributed by atoms with Crippen LogP contribution in [0.15, 0.2) is 48.5 Å². The number of aryl methyl sites for hydroxylation is 1. The van der Waals surface area contributed by atoms with Crippen LogP contribution in [0.5, 0.6) is 5.75 Å². The lowest BCUT2D eigenvalue weighted by atomic mass is 10.2. The van der Waals surface area contributed by atoms with E-state index in [1.165, 1.54) is 0 Å². The van der Waals surface area contributed by atoms with Crippen LogP contribution in [0.4, 0.5) is 5.82 Å². The second-order valence-electron chi connectivity index (χ2n) is 11.2. The van der Waals surface area contributed by atoms with Crippen LogP contribution in [0.2, 0.25) is 0 Å². The molecule has 0 fully saturated rings. The van der Waals surface area contributed by atoms with Crippen LogP contribution in [0, 0.1) is 6.92 Å². The van der Waals surface area contributed by atoms with E-state index < -0.39 is 31.5 Å². The molecule has 0 amide bonds. The molecule has 12 heteroatoms. The van der Waals surface area contributed by atoms with Crippen molar-refractivity contribution in [1.82, 2.24) is 19.6 Å².